The van der Waals surface area contributed by atoms with Crippen molar-refractivity contribution in [1.29, 1.82) is 0 Å². The van der Waals surface area contributed by atoms with E-state index in [1.54, 1.807) is 35.1 Å². The molecule has 1 N–H and O–H groups in total. The maximum atomic E-state index is 13.8. The van der Waals surface area contributed by atoms with Crippen LogP contribution in [0.5, 0.6) is 11.5 Å². The number of ether oxygens (including phenoxy) is 2. The fourth-order valence-electron chi connectivity index (χ4n) is 3.89. The first-order valence-corrected chi connectivity index (χ1v) is 13.6. The van der Waals surface area contributed by atoms with Crippen LogP contribution in [0, 0.1) is 6.92 Å². The van der Waals surface area contributed by atoms with Gasteiger partial charge in [0.1, 0.15) is 16.3 Å². The van der Waals surface area contributed by atoms with E-state index >= 15 is 0 Å². The van der Waals surface area contributed by atoms with Gasteiger partial charge in [-0.1, -0.05) is 31.2 Å². The fraction of sp³-hybridized carbons (Fsp3) is 0.296. The lowest BCUT2D eigenvalue weighted by atomic mass is 10.1. The molecule has 36 heavy (non-hydrogen) atoms. The van der Waals surface area contributed by atoms with Crippen LogP contribution in [0.3, 0.4) is 0 Å². The number of anilines is 1. The second-order valence-corrected chi connectivity index (χ2v) is 10.1. The molecule has 2 aromatic heterocycles. The van der Waals surface area contributed by atoms with E-state index in [4.69, 9.17) is 14.5 Å². The summed E-state index contributed by atoms with van der Waals surface area (Å²) in [6, 6.07) is 14.5. The normalized spacial score (nSPS) is 11.0. The second-order valence-electron chi connectivity index (χ2n) is 8.11. The van der Waals surface area contributed by atoms with Crippen LogP contribution in [-0.4, -0.2) is 34.9 Å². The molecule has 4 rings (SSSR count). The lowest BCUT2D eigenvalue weighted by molar-refractivity contribution is -0.113. The highest BCUT2D eigenvalue weighted by Crippen LogP contribution is 2.31. The van der Waals surface area contributed by atoms with Gasteiger partial charge >= 0.3 is 0 Å². The van der Waals surface area contributed by atoms with E-state index in [2.05, 4.69) is 12.2 Å². The van der Waals surface area contributed by atoms with E-state index in [9.17, 15) is 9.59 Å². The first kappa shape index (κ1) is 25.8. The Morgan fingerprint density at radius 3 is 2.61 bits per heavy atom. The molecule has 9 heteroatoms. The molecule has 2 aromatic carbocycles. The number of amides is 1. The molecule has 1 amide bonds. The number of benzene rings is 2. The van der Waals surface area contributed by atoms with Crippen molar-refractivity contribution in [2.75, 3.05) is 24.8 Å². The molecule has 0 aliphatic heterocycles. The number of methoxy groups -OCH3 is 1. The lowest BCUT2D eigenvalue weighted by Crippen LogP contribution is -2.23. The molecular weight excluding hydrogens is 494 g/mol. The number of carbonyl (C=O) groups is 1. The molecule has 0 fully saturated rings. The molecular formula is C27H29N3O4S2. The fourth-order valence-corrected chi connectivity index (χ4v) is 6.02. The summed E-state index contributed by atoms with van der Waals surface area (Å²) in [5.74, 6) is 1.29. The van der Waals surface area contributed by atoms with Gasteiger partial charge in [-0.05, 0) is 62.2 Å². The summed E-state index contributed by atoms with van der Waals surface area (Å²) >= 11 is 2.79. The Labute approximate surface area is 218 Å². The van der Waals surface area contributed by atoms with Gasteiger partial charge in [-0.2, -0.15) is 0 Å². The number of hydrogen-bond donors (Lipinski definition) is 1. The van der Waals surface area contributed by atoms with Crippen LogP contribution >= 0.6 is 23.1 Å². The molecule has 0 saturated carbocycles. The standard InChI is InChI=1S/C27H29N3O4S2/c1-5-8-22-17(3)24-25(36-22)29-27(30(26(24)32)19-11-13-20(14-12-19)34-6-2)35-16-23(31)28-18-9-7-10-21(15-18)33-4/h7,9-15H,5-6,8,16H2,1-4H3,(H,28,31). The zero-order valence-electron chi connectivity index (χ0n) is 20.8. The molecule has 0 radical (unpaired) electrons. The average molecular weight is 524 g/mol. The highest BCUT2D eigenvalue weighted by Gasteiger charge is 2.20. The summed E-state index contributed by atoms with van der Waals surface area (Å²) in [5.41, 5.74) is 2.18. The number of thioether (sulfide) groups is 1. The lowest BCUT2D eigenvalue weighted by Gasteiger charge is -2.13. The first-order valence-electron chi connectivity index (χ1n) is 11.8. The number of fused-ring (bicyclic) bond motifs is 1. The summed E-state index contributed by atoms with van der Waals surface area (Å²) in [4.78, 5) is 33.3. The quantitative estimate of drug-likeness (QED) is 0.208. The van der Waals surface area contributed by atoms with Gasteiger partial charge in [-0.25, -0.2) is 4.98 Å². The Morgan fingerprint density at radius 1 is 1.14 bits per heavy atom. The Hall–Kier alpha value is -3.30. The number of rotatable bonds is 10. The van der Waals surface area contributed by atoms with Crippen LogP contribution in [0.1, 0.15) is 30.7 Å². The SMILES string of the molecule is CCCc1sc2nc(SCC(=O)Nc3cccc(OC)c3)n(-c3ccc(OCC)cc3)c(=O)c2c1C. The van der Waals surface area contributed by atoms with Gasteiger partial charge < -0.3 is 14.8 Å². The number of nitrogens with one attached hydrogen (secondary N) is 1. The molecule has 7 nitrogen and oxygen atoms in total. The molecule has 0 atom stereocenters. The van der Waals surface area contributed by atoms with Crippen molar-refractivity contribution in [1.82, 2.24) is 9.55 Å². The largest absolute Gasteiger partial charge is 0.497 e. The molecule has 0 spiro atoms. The van der Waals surface area contributed by atoms with Crippen LogP contribution in [0.2, 0.25) is 0 Å². The van der Waals surface area contributed by atoms with Gasteiger partial charge in [0.05, 0.1) is 30.5 Å². The summed E-state index contributed by atoms with van der Waals surface area (Å²) in [6.07, 6.45) is 1.90. The van der Waals surface area contributed by atoms with Gasteiger partial charge in [0, 0.05) is 16.6 Å². The van der Waals surface area contributed by atoms with Crippen LogP contribution in [0.15, 0.2) is 58.5 Å². The Morgan fingerprint density at radius 2 is 1.92 bits per heavy atom. The predicted molar refractivity (Wildman–Crippen MR) is 147 cm³/mol. The third-order valence-corrected chi connectivity index (χ3v) is 7.79. The monoisotopic (exact) mass is 523 g/mol. The minimum absolute atomic E-state index is 0.0956. The topological polar surface area (TPSA) is 82.4 Å². The molecule has 4 aromatic rings. The molecule has 0 aliphatic rings. The number of hydrogen-bond acceptors (Lipinski definition) is 7. The predicted octanol–water partition coefficient (Wildman–Crippen LogP) is 5.85. The molecule has 0 bridgehead atoms. The van der Waals surface area contributed by atoms with E-state index in [0.717, 1.165) is 24.2 Å². The zero-order valence-corrected chi connectivity index (χ0v) is 22.4. The molecule has 188 valence electrons. The minimum atomic E-state index is -0.199. The number of aromatic nitrogens is 2. The first-order chi connectivity index (χ1) is 17.4. The Bertz CT molecular complexity index is 1430. The van der Waals surface area contributed by atoms with Crippen LogP contribution in [0.4, 0.5) is 5.69 Å². The molecule has 0 aliphatic carbocycles. The summed E-state index contributed by atoms with van der Waals surface area (Å²) < 4.78 is 12.4. The highest BCUT2D eigenvalue weighted by atomic mass is 32.2. The van der Waals surface area contributed by atoms with Crippen molar-refractivity contribution in [2.24, 2.45) is 0 Å². The van der Waals surface area contributed by atoms with Crippen LogP contribution < -0.4 is 20.3 Å². The molecule has 2 heterocycles. The zero-order chi connectivity index (χ0) is 25.7. The number of nitrogens with zero attached hydrogens (tertiary/aromatic N) is 2. The van der Waals surface area contributed by atoms with E-state index in [-0.39, 0.29) is 17.2 Å². The van der Waals surface area contributed by atoms with Crippen molar-refractivity contribution in [2.45, 2.75) is 38.8 Å². The Balaban J connectivity index is 1.69. The van der Waals surface area contributed by atoms with Crippen LogP contribution in [0.25, 0.3) is 15.9 Å². The van der Waals surface area contributed by atoms with Crippen molar-refractivity contribution >= 4 is 44.9 Å². The van der Waals surface area contributed by atoms with Crippen molar-refractivity contribution < 1.29 is 14.3 Å². The smallest absolute Gasteiger partial charge is 0.267 e. The number of aryl methyl sites for hydroxylation is 2. The number of carbonyl (C=O) groups excluding carboxylic acids is 1. The minimum Gasteiger partial charge on any atom is -0.497 e. The highest BCUT2D eigenvalue weighted by molar-refractivity contribution is 7.99. The third-order valence-electron chi connectivity index (χ3n) is 5.60. The summed E-state index contributed by atoms with van der Waals surface area (Å²) in [7, 11) is 1.58. The van der Waals surface area contributed by atoms with Crippen molar-refractivity contribution in [3.05, 3.63) is 69.3 Å². The van der Waals surface area contributed by atoms with E-state index in [1.807, 2.05) is 50.2 Å². The van der Waals surface area contributed by atoms with E-state index in [1.165, 1.54) is 16.6 Å². The van der Waals surface area contributed by atoms with Crippen molar-refractivity contribution in [3.63, 3.8) is 0 Å². The van der Waals surface area contributed by atoms with E-state index in [0.29, 0.717) is 39.1 Å². The van der Waals surface area contributed by atoms with Gasteiger partial charge in [-0.3, -0.25) is 14.2 Å². The van der Waals surface area contributed by atoms with Gasteiger partial charge in [-0.15, -0.1) is 11.3 Å². The van der Waals surface area contributed by atoms with Gasteiger partial charge in [0.25, 0.3) is 5.56 Å². The van der Waals surface area contributed by atoms with Gasteiger partial charge in [0.2, 0.25) is 5.91 Å². The van der Waals surface area contributed by atoms with Gasteiger partial charge in [0.15, 0.2) is 5.16 Å². The average Bonchev–Trinajstić information content (AvgIpc) is 3.19. The maximum absolute atomic E-state index is 13.8. The second kappa shape index (κ2) is 11.6. The van der Waals surface area contributed by atoms with E-state index < -0.39 is 0 Å². The maximum Gasteiger partial charge on any atom is 0.267 e. The summed E-state index contributed by atoms with van der Waals surface area (Å²) in [6.45, 7) is 6.60. The molecule has 0 saturated heterocycles. The Kier molecular flexibility index (Phi) is 8.32. The van der Waals surface area contributed by atoms with Crippen LogP contribution in [-0.2, 0) is 11.2 Å². The van der Waals surface area contributed by atoms with Crippen molar-refractivity contribution in [3.8, 4) is 17.2 Å². The third kappa shape index (κ3) is 5.57. The summed E-state index contributed by atoms with van der Waals surface area (Å²) in [5, 5.41) is 4.00. The molecule has 0 unspecified atom stereocenters. The number of thiophene rings is 1.